The van der Waals surface area contributed by atoms with Crippen molar-refractivity contribution in [3.8, 4) is 17.6 Å². The lowest BCUT2D eigenvalue weighted by Crippen LogP contribution is -2.41. The molecule has 1 saturated heterocycles. The maximum Gasteiger partial charge on any atom is 0.303 e. The monoisotopic (exact) mass is 562 g/mol. The molecule has 1 N–H and O–H groups in total. The number of hydrogen-bond donors (Lipinski definition) is 1. The Hall–Kier alpha value is -3.35. The topological polar surface area (TPSA) is 62.7 Å². The summed E-state index contributed by atoms with van der Waals surface area (Å²) in [5, 5.41) is 10.3. The molecular weight excluding hydrogens is 536 g/mol. The van der Waals surface area contributed by atoms with E-state index in [1.54, 1.807) is 18.2 Å². The molecule has 5 nitrogen and oxygen atoms in total. The molecule has 1 aliphatic heterocycles. The molecule has 0 spiro atoms. The molecule has 3 atom stereocenters. The number of ether oxygens (including phenoxy) is 1. The molecular formula is C29H27ClF4N2O3. The lowest BCUT2D eigenvalue weighted by molar-refractivity contribution is -0.139. The van der Waals surface area contributed by atoms with E-state index in [0.29, 0.717) is 54.2 Å². The summed E-state index contributed by atoms with van der Waals surface area (Å²) >= 11 is 6.35. The minimum atomic E-state index is -1.38. The molecule has 39 heavy (non-hydrogen) atoms. The minimum Gasteiger partial charge on any atom is -0.497 e. The third kappa shape index (κ3) is 7.00. The summed E-state index contributed by atoms with van der Waals surface area (Å²) in [6.07, 6.45) is 1.18. The Kier molecular flexibility index (Phi) is 9.31. The Bertz CT molecular complexity index is 1430. The number of aliphatic carboxylic acids is 1. The first-order chi connectivity index (χ1) is 18.7. The zero-order valence-electron chi connectivity index (χ0n) is 21.2. The summed E-state index contributed by atoms with van der Waals surface area (Å²) in [4.78, 5) is 17.7. The number of nitrogens with zero attached hydrogens (tertiary/aromatic N) is 2. The van der Waals surface area contributed by atoms with Crippen molar-refractivity contribution in [2.75, 3.05) is 26.7 Å². The van der Waals surface area contributed by atoms with E-state index >= 15 is 4.39 Å². The fraction of sp³-hybridized carbons (Fsp3) is 0.379. The van der Waals surface area contributed by atoms with Gasteiger partial charge in [-0.15, -0.1) is 0 Å². The van der Waals surface area contributed by atoms with Crippen LogP contribution in [-0.4, -0.2) is 47.7 Å². The number of likely N-dealkylation sites (tertiary alicyclic amines) is 1. The highest BCUT2D eigenvalue weighted by atomic mass is 35.5. The predicted octanol–water partition coefficient (Wildman–Crippen LogP) is 6.57. The lowest BCUT2D eigenvalue weighted by Gasteiger charge is -2.37. The number of halogens is 5. The van der Waals surface area contributed by atoms with Crippen LogP contribution in [0.15, 0.2) is 36.5 Å². The number of fused-ring (bicyclic) bond motifs is 1. The van der Waals surface area contributed by atoms with Crippen molar-refractivity contribution in [1.82, 2.24) is 9.88 Å². The number of rotatable bonds is 8. The first-order valence-electron chi connectivity index (χ1n) is 12.5. The van der Waals surface area contributed by atoms with Crippen LogP contribution in [0.25, 0.3) is 10.9 Å². The molecule has 206 valence electrons. The Morgan fingerprint density at radius 1 is 1.26 bits per heavy atom. The molecule has 4 rings (SSSR count). The summed E-state index contributed by atoms with van der Waals surface area (Å²) in [5.74, 6) is 1.04. The average molecular weight is 563 g/mol. The van der Waals surface area contributed by atoms with Gasteiger partial charge in [-0.05, 0) is 61.9 Å². The van der Waals surface area contributed by atoms with Gasteiger partial charge in [0.2, 0.25) is 0 Å². The van der Waals surface area contributed by atoms with E-state index in [2.05, 4.69) is 16.8 Å². The number of carbonyl (C=O) groups is 1. The molecule has 0 aliphatic carbocycles. The summed E-state index contributed by atoms with van der Waals surface area (Å²) < 4.78 is 61.5. The van der Waals surface area contributed by atoms with Gasteiger partial charge < -0.3 is 9.84 Å². The van der Waals surface area contributed by atoms with Gasteiger partial charge in [0.05, 0.1) is 29.8 Å². The van der Waals surface area contributed by atoms with Crippen LogP contribution >= 0.6 is 11.6 Å². The largest absolute Gasteiger partial charge is 0.497 e. The molecule has 3 unspecified atom stereocenters. The molecule has 3 aromatic rings. The summed E-state index contributed by atoms with van der Waals surface area (Å²) in [7, 11) is 1.52. The standard InChI is InChI=1S/C29H27ClF4N2O3/c1-39-21-5-7-26-22(14-21)28(23(30)15-35-26)24(32)6-4-17-8-10-36(16-19(17)12-27(37)38)9-2-3-18-11-20(31)13-25(33)29(18)34/h5,7,11,13-15,17,19,24H,4,6,8-10,12,16H2,1H3,(H,37,38). The molecule has 0 amide bonds. The highest BCUT2D eigenvalue weighted by molar-refractivity contribution is 6.32. The smallest absolute Gasteiger partial charge is 0.303 e. The van der Waals surface area contributed by atoms with Crippen LogP contribution in [0.1, 0.15) is 43.0 Å². The van der Waals surface area contributed by atoms with Crippen LogP contribution < -0.4 is 4.74 Å². The Labute approximate surface area is 228 Å². The number of methoxy groups -OCH3 is 1. The molecule has 0 bridgehead atoms. The second-order valence-electron chi connectivity index (χ2n) is 9.64. The molecule has 2 aromatic carbocycles. The van der Waals surface area contributed by atoms with Crippen molar-refractivity contribution < 1.29 is 32.2 Å². The van der Waals surface area contributed by atoms with Gasteiger partial charge in [-0.3, -0.25) is 14.7 Å². The molecule has 1 aliphatic rings. The molecule has 1 fully saturated rings. The predicted molar refractivity (Wildman–Crippen MR) is 140 cm³/mol. The van der Waals surface area contributed by atoms with E-state index < -0.39 is 29.6 Å². The van der Waals surface area contributed by atoms with Crippen LogP contribution in [0.2, 0.25) is 5.02 Å². The van der Waals surface area contributed by atoms with Crippen molar-refractivity contribution >= 4 is 28.5 Å². The summed E-state index contributed by atoms with van der Waals surface area (Å²) in [6, 6.07) is 6.45. The van der Waals surface area contributed by atoms with Crippen LogP contribution in [0.3, 0.4) is 0 Å². The third-order valence-corrected chi connectivity index (χ3v) is 7.40. The van der Waals surface area contributed by atoms with Gasteiger partial charge in [0.15, 0.2) is 11.6 Å². The van der Waals surface area contributed by atoms with E-state index in [4.69, 9.17) is 16.3 Å². The number of pyridine rings is 1. The van der Waals surface area contributed by atoms with E-state index in [9.17, 15) is 23.1 Å². The number of piperidine rings is 1. The number of carboxylic acids is 1. The van der Waals surface area contributed by atoms with Crippen molar-refractivity contribution in [1.29, 1.82) is 0 Å². The second-order valence-corrected chi connectivity index (χ2v) is 10.0. The van der Waals surface area contributed by atoms with Gasteiger partial charge in [0.1, 0.15) is 17.7 Å². The fourth-order valence-electron chi connectivity index (χ4n) is 5.15. The highest BCUT2D eigenvalue weighted by Crippen LogP contribution is 2.39. The van der Waals surface area contributed by atoms with E-state index in [-0.39, 0.29) is 41.8 Å². The Morgan fingerprint density at radius 3 is 2.79 bits per heavy atom. The zero-order chi connectivity index (χ0) is 28.1. The highest BCUT2D eigenvalue weighted by Gasteiger charge is 2.31. The number of alkyl halides is 1. The Balaban J connectivity index is 1.43. The van der Waals surface area contributed by atoms with Crippen molar-refractivity contribution in [3.63, 3.8) is 0 Å². The number of hydrogen-bond acceptors (Lipinski definition) is 4. The number of aromatic nitrogens is 1. The fourth-order valence-corrected chi connectivity index (χ4v) is 5.42. The van der Waals surface area contributed by atoms with Crippen molar-refractivity contribution in [2.24, 2.45) is 11.8 Å². The van der Waals surface area contributed by atoms with Gasteiger partial charge in [0.25, 0.3) is 0 Å². The number of benzene rings is 2. The van der Waals surface area contributed by atoms with E-state index in [1.165, 1.54) is 13.3 Å². The van der Waals surface area contributed by atoms with Crippen molar-refractivity contribution in [2.45, 2.75) is 31.9 Å². The third-order valence-electron chi connectivity index (χ3n) is 7.10. The molecule has 1 aromatic heterocycles. The average Bonchev–Trinajstić information content (AvgIpc) is 2.90. The van der Waals surface area contributed by atoms with Gasteiger partial charge in [-0.25, -0.2) is 17.6 Å². The SMILES string of the molecule is COc1ccc2ncc(Cl)c(C(F)CCC3CCN(CC#Cc4cc(F)cc(F)c4F)CC3CC(=O)O)c2c1. The maximum absolute atomic E-state index is 15.6. The molecule has 10 heteroatoms. The number of carboxylic acid groups (broad SMARTS) is 1. The van der Waals surface area contributed by atoms with Gasteiger partial charge in [-0.1, -0.05) is 23.4 Å². The van der Waals surface area contributed by atoms with Crippen molar-refractivity contribution in [3.05, 3.63) is 70.1 Å². The molecule has 0 radical (unpaired) electrons. The van der Waals surface area contributed by atoms with E-state index in [1.807, 2.05) is 4.90 Å². The quantitative estimate of drug-likeness (QED) is 0.191. The van der Waals surface area contributed by atoms with Gasteiger partial charge >= 0.3 is 5.97 Å². The van der Waals surface area contributed by atoms with Crippen LogP contribution in [0, 0.1) is 41.1 Å². The first kappa shape index (κ1) is 28.7. The van der Waals surface area contributed by atoms with Gasteiger partial charge in [-0.2, -0.15) is 0 Å². The summed E-state index contributed by atoms with van der Waals surface area (Å²) in [6.45, 7) is 1.15. The molecule has 0 saturated carbocycles. The molecule has 2 heterocycles. The first-order valence-corrected chi connectivity index (χ1v) is 12.9. The second kappa shape index (κ2) is 12.7. The summed E-state index contributed by atoms with van der Waals surface area (Å²) in [5.41, 5.74) is 0.555. The van der Waals surface area contributed by atoms with Gasteiger partial charge in [0, 0.05) is 36.2 Å². The lowest BCUT2D eigenvalue weighted by atomic mass is 9.79. The van der Waals surface area contributed by atoms with Crippen LogP contribution in [-0.2, 0) is 4.79 Å². The Morgan fingerprint density at radius 2 is 2.05 bits per heavy atom. The van der Waals surface area contributed by atoms with Crippen LogP contribution in [0.4, 0.5) is 17.6 Å². The van der Waals surface area contributed by atoms with E-state index in [0.717, 1.165) is 6.07 Å². The zero-order valence-corrected chi connectivity index (χ0v) is 21.9. The normalized spacial score (nSPS) is 18.4. The van der Waals surface area contributed by atoms with Crippen LogP contribution in [0.5, 0.6) is 5.75 Å². The maximum atomic E-state index is 15.6. The minimum absolute atomic E-state index is 0.0419.